The van der Waals surface area contributed by atoms with Crippen LogP contribution >= 0.6 is 0 Å². The van der Waals surface area contributed by atoms with Crippen molar-refractivity contribution < 1.29 is 14.3 Å². The highest BCUT2D eigenvalue weighted by Crippen LogP contribution is 2.12. The lowest BCUT2D eigenvalue weighted by molar-refractivity contribution is -0.0672. The fourth-order valence-corrected chi connectivity index (χ4v) is 2.77. The number of methoxy groups -OCH3 is 1. The molecule has 23 heavy (non-hydrogen) atoms. The SMILES string of the molecule is COc1ncccc1CNC(=O)NCCN1C[C@@H](C)O[C@H](C)C1. The second kappa shape index (κ2) is 8.69. The van der Waals surface area contributed by atoms with E-state index in [-0.39, 0.29) is 18.2 Å². The van der Waals surface area contributed by atoms with Crippen LogP contribution in [0.2, 0.25) is 0 Å². The summed E-state index contributed by atoms with van der Waals surface area (Å²) in [7, 11) is 1.57. The third-order valence-electron chi connectivity index (χ3n) is 3.69. The number of aromatic nitrogens is 1. The summed E-state index contributed by atoms with van der Waals surface area (Å²) >= 11 is 0. The summed E-state index contributed by atoms with van der Waals surface area (Å²) in [5, 5.41) is 5.69. The van der Waals surface area contributed by atoms with E-state index in [9.17, 15) is 4.79 Å². The van der Waals surface area contributed by atoms with Gasteiger partial charge >= 0.3 is 6.03 Å². The number of ether oxygens (including phenoxy) is 2. The van der Waals surface area contributed by atoms with Gasteiger partial charge in [-0.05, 0) is 19.9 Å². The van der Waals surface area contributed by atoms with Gasteiger partial charge in [0.1, 0.15) is 0 Å². The Kier molecular flexibility index (Phi) is 6.61. The average molecular weight is 322 g/mol. The number of morpholine rings is 1. The van der Waals surface area contributed by atoms with Crippen LogP contribution in [0.25, 0.3) is 0 Å². The van der Waals surface area contributed by atoms with E-state index in [1.807, 2.05) is 12.1 Å². The first-order chi connectivity index (χ1) is 11.1. The fraction of sp³-hybridized carbons (Fsp3) is 0.625. The molecule has 2 N–H and O–H groups in total. The molecule has 0 unspecified atom stereocenters. The van der Waals surface area contributed by atoms with Gasteiger partial charge in [0.25, 0.3) is 0 Å². The summed E-state index contributed by atoms with van der Waals surface area (Å²) in [5.74, 6) is 0.532. The number of hydrogen-bond acceptors (Lipinski definition) is 5. The van der Waals surface area contributed by atoms with Crippen LogP contribution in [0.3, 0.4) is 0 Å². The maximum atomic E-state index is 11.9. The predicted octanol–water partition coefficient (Wildman–Crippen LogP) is 0.999. The number of nitrogens with zero attached hydrogens (tertiary/aromatic N) is 2. The molecule has 1 aromatic rings. The Bertz CT molecular complexity index is 502. The van der Waals surface area contributed by atoms with Gasteiger partial charge in [0.15, 0.2) is 0 Å². The Balaban J connectivity index is 1.67. The Morgan fingerprint density at radius 3 is 2.83 bits per heavy atom. The molecule has 0 radical (unpaired) electrons. The van der Waals surface area contributed by atoms with Gasteiger partial charge in [0.05, 0.1) is 19.3 Å². The Labute approximate surface area is 137 Å². The van der Waals surface area contributed by atoms with Crippen molar-refractivity contribution in [1.29, 1.82) is 0 Å². The van der Waals surface area contributed by atoms with E-state index in [0.717, 1.165) is 25.2 Å². The summed E-state index contributed by atoms with van der Waals surface area (Å²) in [6.07, 6.45) is 2.14. The molecule has 1 aromatic heterocycles. The van der Waals surface area contributed by atoms with E-state index >= 15 is 0 Å². The summed E-state index contributed by atoms with van der Waals surface area (Å²) in [6, 6.07) is 3.51. The normalized spacial score (nSPS) is 21.7. The molecule has 7 nitrogen and oxygen atoms in total. The van der Waals surface area contributed by atoms with Crippen LogP contribution in [-0.2, 0) is 11.3 Å². The fourth-order valence-electron chi connectivity index (χ4n) is 2.77. The lowest BCUT2D eigenvalue weighted by Crippen LogP contribution is -2.48. The van der Waals surface area contributed by atoms with Gasteiger partial charge in [0, 0.05) is 44.5 Å². The van der Waals surface area contributed by atoms with E-state index in [4.69, 9.17) is 9.47 Å². The van der Waals surface area contributed by atoms with Gasteiger partial charge in [-0.2, -0.15) is 0 Å². The molecule has 1 aliphatic heterocycles. The summed E-state index contributed by atoms with van der Waals surface area (Å²) in [5.41, 5.74) is 0.848. The van der Waals surface area contributed by atoms with E-state index < -0.39 is 0 Å². The van der Waals surface area contributed by atoms with Crippen LogP contribution in [-0.4, -0.2) is 61.4 Å². The summed E-state index contributed by atoms with van der Waals surface area (Å²) in [6.45, 7) is 7.76. The number of rotatable bonds is 6. The molecule has 2 heterocycles. The number of pyridine rings is 1. The molecular formula is C16H26N4O3. The molecule has 0 spiro atoms. The lowest BCUT2D eigenvalue weighted by atomic mass is 10.2. The molecule has 0 bridgehead atoms. The van der Waals surface area contributed by atoms with Crippen molar-refractivity contribution in [1.82, 2.24) is 20.5 Å². The molecule has 1 saturated heterocycles. The zero-order valence-electron chi connectivity index (χ0n) is 14.0. The first kappa shape index (κ1) is 17.5. The van der Waals surface area contributed by atoms with Gasteiger partial charge in [-0.1, -0.05) is 6.07 Å². The number of carbonyl (C=O) groups is 1. The molecule has 0 saturated carbocycles. The Morgan fingerprint density at radius 2 is 2.13 bits per heavy atom. The molecule has 1 aliphatic rings. The van der Waals surface area contributed by atoms with Gasteiger partial charge < -0.3 is 20.1 Å². The van der Waals surface area contributed by atoms with Gasteiger partial charge in [-0.25, -0.2) is 9.78 Å². The monoisotopic (exact) mass is 322 g/mol. The standard InChI is InChI=1S/C16H26N4O3/c1-12-10-20(11-13(2)23-12)8-7-18-16(21)19-9-14-5-4-6-17-15(14)22-3/h4-6,12-13H,7-11H2,1-3H3,(H2,18,19,21)/t12-,13-/m1/s1. The van der Waals surface area contributed by atoms with Crippen molar-refractivity contribution in [2.24, 2.45) is 0 Å². The molecule has 2 rings (SSSR count). The van der Waals surface area contributed by atoms with Crippen LogP contribution < -0.4 is 15.4 Å². The number of urea groups is 1. The minimum Gasteiger partial charge on any atom is -0.481 e. The van der Waals surface area contributed by atoms with Crippen LogP contribution in [0.1, 0.15) is 19.4 Å². The molecule has 0 aromatic carbocycles. The lowest BCUT2D eigenvalue weighted by Gasteiger charge is -2.35. The van der Waals surface area contributed by atoms with Gasteiger partial charge in [-0.15, -0.1) is 0 Å². The van der Waals surface area contributed by atoms with Crippen molar-refractivity contribution >= 4 is 6.03 Å². The van der Waals surface area contributed by atoms with Crippen molar-refractivity contribution in [3.63, 3.8) is 0 Å². The quantitative estimate of drug-likeness (QED) is 0.817. The molecule has 2 atom stereocenters. The predicted molar refractivity (Wildman–Crippen MR) is 87.5 cm³/mol. The highest BCUT2D eigenvalue weighted by Gasteiger charge is 2.21. The Hall–Kier alpha value is -1.86. The number of nitrogens with one attached hydrogen (secondary N) is 2. The van der Waals surface area contributed by atoms with Crippen molar-refractivity contribution in [3.8, 4) is 5.88 Å². The maximum Gasteiger partial charge on any atom is 0.315 e. The van der Waals surface area contributed by atoms with Crippen molar-refractivity contribution in [2.75, 3.05) is 33.3 Å². The minimum absolute atomic E-state index is 0.190. The van der Waals surface area contributed by atoms with Crippen LogP contribution in [0, 0.1) is 0 Å². The summed E-state index contributed by atoms with van der Waals surface area (Å²) in [4.78, 5) is 18.3. The maximum absolute atomic E-state index is 11.9. The second-order valence-electron chi connectivity index (χ2n) is 5.80. The van der Waals surface area contributed by atoms with E-state index in [1.165, 1.54) is 0 Å². The second-order valence-corrected chi connectivity index (χ2v) is 5.80. The topological polar surface area (TPSA) is 75.7 Å². The smallest absolute Gasteiger partial charge is 0.315 e. The molecule has 0 aliphatic carbocycles. The number of amides is 2. The third kappa shape index (κ3) is 5.69. The van der Waals surface area contributed by atoms with E-state index in [0.29, 0.717) is 19.0 Å². The van der Waals surface area contributed by atoms with Gasteiger partial charge in [-0.3, -0.25) is 4.90 Å². The summed E-state index contributed by atoms with van der Waals surface area (Å²) < 4.78 is 10.9. The van der Waals surface area contributed by atoms with Gasteiger partial charge in [0.2, 0.25) is 5.88 Å². The largest absolute Gasteiger partial charge is 0.481 e. The highest BCUT2D eigenvalue weighted by atomic mass is 16.5. The molecule has 7 heteroatoms. The van der Waals surface area contributed by atoms with E-state index in [2.05, 4.69) is 34.4 Å². The third-order valence-corrected chi connectivity index (χ3v) is 3.69. The molecule has 2 amide bonds. The highest BCUT2D eigenvalue weighted by molar-refractivity contribution is 5.73. The van der Waals surface area contributed by atoms with Crippen molar-refractivity contribution in [2.45, 2.75) is 32.6 Å². The van der Waals surface area contributed by atoms with E-state index in [1.54, 1.807) is 13.3 Å². The zero-order chi connectivity index (χ0) is 16.7. The molecule has 1 fully saturated rings. The Morgan fingerprint density at radius 1 is 1.39 bits per heavy atom. The first-order valence-electron chi connectivity index (χ1n) is 7.96. The average Bonchev–Trinajstić information content (AvgIpc) is 2.52. The first-order valence-corrected chi connectivity index (χ1v) is 7.96. The number of carbonyl (C=O) groups excluding carboxylic acids is 1. The number of hydrogen-bond donors (Lipinski definition) is 2. The molecular weight excluding hydrogens is 296 g/mol. The van der Waals surface area contributed by atoms with Crippen LogP contribution in [0.5, 0.6) is 5.88 Å². The van der Waals surface area contributed by atoms with Crippen LogP contribution in [0.4, 0.5) is 4.79 Å². The minimum atomic E-state index is -0.190. The van der Waals surface area contributed by atoms with Crippen molar-refractivity contribution in [3.05, 3.63) is 23.9 Å². The zero-order valence-corrected chi connectivity index (χ0v) is 14.0. The van der Waals surface area contributed by atoms with Crippen LogP contribution in [0.15, 0.2) is 18.3 Å². The molecule has 128 valence electrons.